The molecule has 1 N–H and O–H groups in total. The Morgan fingerprint density at radius 2 is 1.72 bits per heavy atom. The van der Waals surface area contributed by atoms with Crippen LogP contribution >= 0.6 is 11.6 Å². The fourth-order valence-corrected chi connectivity index (χ4v) is 3.56. The smallest absolute Gasteiger partial charge is 0.255 e. The van der Waals surface area contributed by atoms with Gasteiger partial charge in [-0.3, -0.25) is 4.79 Å². The van der Waals surface area contributed by atoms with Crippen LogP contribution < -0.4 is 5.32 Å². The van der Waals surface area contributed by atoms with E-state index in [0.717, 1.165) is 33.4 Å². The lowest BCUT2D eigenvalue weighted by Crippen LogP contribution is -2.11. The fraction of sp³-hybridized carbons (Fsp3) is 0. The number of rotatable bonds is 3. The molecule has 1 amide bonds. The van der Waals surface area contributed by atoms with Crippen molar-refractivity contribution in [1.29, 1.82) is 0 Å². The highest BCUT2D eigenvalue weighted by Gasteiger charge is 2.09. The highest BCUT2D eigenvalue weighted by Crippen LogP contribution is 2.24. The van der Waals surface area contributed by atoms with Gasteiger partial charge in [-0.1, -0.05) is 54.1 Å². The van der Waals surface area contributed by atoms with Crippen LogP contribution in [0.3, 0.4) is 0 Å². The number of imidazole rings is 1. The van der Waals surface area contributed by atoms with Crippen molar-refractivity contribution in [2.45, 2.75) is 0 Å². The van der Waals surface area contributed by atoms with E-state index in [1.165, 1.54) is 0 Å². The fourth-order valence-electron chi connectivity index (χ4n) is 3.39. The SMILES string of the molecule is O=C(Nc1cccc(-c2cn3cc(Cl)ccc3n2)c1)c1ccc2ccccc2c1. The van der Waals surface area contributed by atoms with E-state index in [4.69, 9.17) is 11.6 Å². The van der Waals surface area contributed by atoms with E-state index in [2.05, 4.69) is 10.3 Å². The molecule has 5 rings (SSSR count). The Labute approximate surface area is 172 Å². The summed E-state index contributed by atoms with van der Waals surface area (Å²) in [7, 11) is 0. The van der Waals surface area contributed by atoms with E-state index in [9.17, 15) is 4.79 Å². The quantitative estimate of drug-likeness (QED) is 0.402. The van der Waals surface area contributed by atoms with E-state index in [1.54, 1.807) is 0 Å². The van der Waals surface area contributed by atoms with Gasteiger partial charge in [0, 0.05) is 29.2 Å². The molecular formula is C24H16ClN3O. The summed E-state index contributed by atoms with van der Waals surface area (Å²) in [6.07, 6.45) is 3.74. The maximum atomic E-state index is 12.7. The molecular weight excluding hydrogens is 382 g/mol. The van der Waals surface area contributed by atoms with Crippen LogP contribution in [-0.2, 0) is 0 Å². The largest absolute Gasteiger partial charge is 0.322 e. The van der Waals surface area contributed by atoms with Crippen LogP contribution in [0.25, 0.3) is 27.7 Å². The molecule has 2 aromatic heterocycles. The first-order chi connectivity index (χ1) is 14.2. The van der Waals surface area contributed by atoms with Crippen molar-refractivity contribution in [2.75, 3.05) is 5.32 Å². The molecule has 0 saturated heterocycles. The first-order valence-corrected chi connectivity index (χ1v) is 9.58. The molecule has 0 spiro atoms. The number of halogens is 1. The first kappa shape index (κ1) is 17.5. The topological polar surface area (TPSA) is 46.4 Å². The van der Waals surface area contributed by atoms with Crippen molar-refractivity contribution < 1.29 is 4.79 Å². The number of aromatic nitrogens is 2. The Morgan fingerprint density at radius 1 is 0.862 bits per heavy atom. The number of carbonyl (C=O) groups excluding carboxylic acids is 1. The maximum Gasteiger partial charge on any atom is 0.255 e. The lowest BCUT2D eigenvalue weighted by molar-refractivity contribution is 0.102. The lowest BCUT2D eigenvalue weighted by atomic mass is 10.1. The third-order valence-corrected chi connectivity index (χ3v) is 5.07. The summed E-state index contributed by atoms with van der Waals surface area (Å²) in [5, 5.41) is 5.78. The summed E-state index contributed by atoms with van der Waals surface area (Å²) in [6, 6.07) is 25.0. The number of pyridine rings is 1. The number of hydrogen-bond acceptors (Lipinski definition) is 2. The van der Waals surface area contributed by atoms with E-state index in [-0.39, 0.29) is 5.91 Å². The van der Waals surface area contributed by atoms with Gasteiger partial charge in [0.1, 0.15) is 5.65 Å². The Balaban J connectivity index is 1.43. The van der Waals surface area contributed by atoms with Crippen molar-refractivity contribution in [3.8, 4) is 11.3 Å². The van der Waals surface area contributed by atoms with Gasteiger partial charge < -0.3 is 9.72 Å². The van der Waals surface area contributed by atoms with Gasteiger partial charge in [0.25, 0.3) is 5.91 Å². The molecule has 0 unspecified atom stereocenters. The van der Waals surface area contributed by atoms with Crippen LogP contribution in [0, 0.1) is 0 Å². The minimum Gasteiger partial charge on any atom is -0.322 e. The minimum atomic E-state index is -0.144. The van der Waals surface area contributed by atoms with E-state index >= 15 is 0 Å². The number of anilines is 1. The predicted molar refractivity (Wildman–Crippen MR) is 118 cm³/mol. The Kier molecular flexibility index (Phi) is 4.26. The standard InChI is InChI=1S/C24H16ClN3O/c25-20-10-11-23-27-22(15-28(23)14-20)18-6-3-7-21(13-18)26-24(29)19-9-8-16-4-1-2-5-17(16)12-19/h1-15H,(H,26,29). The number of nitrogens with zero attached hydrogens (tertiary/aromatic N) is 2. The Bertz CT molecular complexity index is 1370. The van der Waals surface area contributed by atoms with Gasteiger partial charge in [-0.2, -0.15) is 0 Å². The molecule has 5 aromatic rings. The zero-order valence-electron chi connectivity index (χ0n) is 15.3. The third-order valence-electron chi connectivity index (χ3n) is 4.84. The van der Waals surface area contributed by atoms with Crippen molar-refractivity contribution in [3.05, 3.63) is 102 Å². The summed E-state index contributed by atoms with van der Waals surface area (Å²) in [5.74, 6) is -0.144. The molecule has 2 heterocycles. The number of fused-ring (bicyclic) bond motifs is 2. The lowest BCUT2D eigenvalue weighted by Gasteiger charge is -2.07. The average Bonchev–Trinajstić information content (AvgIpc) is 3.17. The predicted octanol–water partition coefficient (Wildman–Crippen LogP) is 6.06. The van der Waals surface area contributed by atoms with Gasteiger partial charge in [-0.05, 0) is 47.2 Å². The second kappa shape index (κ2) is 7.08. The summed E-state index contributed by atoms with van der Waals surface area (Å²) >= 11 is 6.05. The Hall–Kier alpha value is -3.63. The molecule has 0 saturated carbocycles. The van der Waals surface area contributed by atoms with Crippen LogP contribution in [0.15, 0.2) is 91.3 Å². The number of nitrogens with one attached hydrogen (secondary N) is 1. The zero-order valence-corrected chi connectivity index (χ0v) is 16.1. The Morgan fingerprint density at radius 3 is 2.62 bits per heavy atom. The summed E-state index contributed by atoms with van der Waals surface area (Å²) in [6.45, 7) is 0. The molecule has 0 radical (unpaired) electrons. The molecule has 0 bridgehead atoms. The molecule has 0 aliphatic carbocycles. The molecule has 4 nitrogen and oxygen atoms in total. The van der Waals surface area contributed by atoms with E-state index < -0.39 is 0 Å². The average molecular weight is 398 g/mol. The van der Waals surface area contributed by atoms with Gasteiger partial charge in [-0.15, -0.1) is 0 Å². The van der Waals surface area contributed by atoms with Crippen molar-refractivity contribution in [1.82, 2.24) is 9.38 Å². The van der Waals surface area contributed by atoms with Crippen molar-refractivity contribution >= 4 is 39.6 Å². The highest BCUT2D eigenvalue weighted by molar-refractivity contribution is 6.30. The normalized spacial score (nSPS) is 11.1. The van der Waals surface area contributed by atoms with Crippen LogP contribution in [0.5, 0.6) is 0 Å². The number of hydrogen-bond donors (Lipinski definition) is 1. The second-order valence-electron chi connectivity index (χ2n) is 6.84. The van der Waals surface area contributed by atoms with Gasteiger partial charge >= 0.3 is 0 Å². The number of amides is 1. The van der Waals surface area contributed by atoms with E-state index in [0.29, 0.717) is 10.6 Å². The molecule has 0 aliphatic rings. The summed E-state index contributed by atoms with van der Waals surface area (Å²) in [4.78, 5) is 17.4. The van der Waals surface area contributed by atoms with E-state index in [1.807, 2.05) is 95.7 Å². The molecule has 29 heavy (non-hydrogen) atoms. The molecule has 0 aliphatic heterocycles. The van der Waals surface area contributed by atoms with Crippen molar-refractivity contribution in [3.63, 3.8) is 0 Å². The highest BCUT2D eigenvalue weighted by atomic mass is 35.5. The molecule has 140 valence electrons. The zero-order chi connectivity index (χ0) is 19.8. The van der Waals surface area contributed by atoms with Crippen LogP contribution in [0.2, 0.25) is 5.02 Å². The monoisotopic (exact) mass is 397 g/mol. The summed E-state index contributed by atoms with van der Waals surface area (Å²) in [5.41, 5.74) is 3.89. The van der Waals surface area contributed by atoms with Crippen LogP contribution in [0.4, 0.5) is 5.69 Å². The molecule has 3 aromatic carbocycles. The number of benzene rings is 3. The van der Waals surface area contributed by atoms with Crippen LogP contribution in [-0.4, -0.2) is 15.3 Å². The third kappa shape index (κ3) is 3.46. The second-order valence-corrected chi connectivity index (χ2v) is 7.27. The molecule has 5 heteroatoms. The maximum absolute atomic E-state index is 12.7. The molecule has 0 atom stereocenters. The van der Waals surface area contributed by atoms with Gasteiger partial charge in [0.2, 0.25) is 0 Å². The van der Waals surface area contributed by atoms with Gasteiger partial charge in [0.05, 0.1) is 10.7 Å². The first-order valence-electron chi connectivity index (χ1n) is 9.21. The van der Waals surface area contributed by atoms with Crippen molar-refractivity contribution in [2.24, 2.45) is 0 Å². The van der Waals surface area contributed by atoms with Crippen LogP contribution in [0.1, 0.15) is 10.4 Å². The number of carbonyl (C=O) groups is 1. The van der Waals surface area contributed by atoms with Gasteiger partial charge in [0.15, 0.2) is 0 Å². The van der Waals surface area contributed by atoms with Gasteiger partial charge in [-0.25, -0.2) is 4.98 Å². The minimum absolute atomic E-state index is 0.144. The molecule has 0 fully saturated rings. The summed E-state index contributed by atoms with van der Waals surface area (Å²) < 4.78 is 1.89.